The summed E-state index contributed by atoms with van der Waals surface area (Å²) in [6, 6.07) is 0. The molecule has 0 aliphatic heterocycles. The first kappa shape index (κ1) is 38.2. The second kappa shape index (κ2) is 26.2. The molecule has 38 heavy (non-hydrogen) atoms. The van der Waals surface area contributed by atoms with Crippen LogP contribution in [0.5, 0.6) is 0 Å². The molecular weight excluding hydrogens is 572 g/mol. The molecule has 0 bridgehead atoms. The number of amides is 1. The van der Waals surface area contributed by atoms with Crippen LogP contribution in [0.15, 0.2) is 0 Å². The summed E-state index contributed by atoms with van der Waals surface area (Å²) in [5.41, 5.74) is 0. The van der Waals surface area contributed by atoms with Gasteiger partial charge in [0.15, 0.2) is 0 Å². The van der Waals surface area contributed by atoms with Crippen LogP contribution in [-0.4, -0.2) is 53.9 Å². The molecule has 0 rings (SSSR count). The maximum absolute atomic E-state index is 12.0. The van der Waals surface area contributed by atoms with Crippen LogP contribution >= 0.6 is 42.4 Å². The molecule has 0 saturated heterocycles. The summed E-state index contributed by atoms with van der Waals surface area (Å²) < 4.78 is 25.7. The first-order chi connectivity index (χ1) is 18.2. The van der Waals surface area contributed by atoms with Crippen LogP contribution in [0.25, 0.3) is 0 Å². The number of rotatable bonds is 27. The normalized spacial score (nSPS) is 13.4. The number of carbonyl (C=O) groups excluding carboxylic acids is 1. The zero-order valence-corrected chi connectivity index (χ0v) is 26.7. The Morgan fingerprint density at radius 3 is 1.71 bits per heavy atom. The molecule has 0 aromatic rings. The highest BCUT2D eigenvalue weighted by Gasteiger charge is 2.22. The van der Waals surface area contributed by atoms with Crippen molar-refractivity contribution in [1.29, 1.82) is 0 Å². The summed E-state index contributed by atoms with van der Waals surface area (Å²) in [6.07, 6.45) is 21.5. The number of nitrogens with one attached hydrogen (secondary N) is 1. The molecule has 228 valence electrons. The van der Waals surface area contributed by atoms with Gasteiger partial charge in [-0.25, -0.2) is 4.79 Å². The van der Waals surface area contributed by atoms with E-state index in [-0.39, 0.29) is 32.3 Å². The smallest absolute Gasteiger partial charge is 0.407 e. The summed E-state index contributed by atoms with van der Waals surface area (Å²) in [5, 5.41) is 2.41. The summed E-state index contributed by atoms with van der Waals surface area (Å²) in [7, 11) is -3.70. The predicted molar refractivity (Wildman–Crippen MR) is 160 cm³/mol. The fraction of sp³-hybridized carbons (Fsp3) is 0.963. The third-order valence-corrected chi connectivity index (χ3v) is 7.92. The van der Waals surface area contributed by atoms with E-state index in [1.54, 1.807) is 0 Å². The molecule has 0 spiro atoms. The van der Waals surface area contributed by atoms with Crippen molar-refractivity contribution < 1.29 is 28.3 Å². The monoisotopic (exact) mass is 623 g/mol. The van der Waals surface area contributed by atoms with Crippen LogP contribution in [0.3, 0.4) is 0 Å². The molecule has 0 aromatic heterocycles. The van der Waals surface area contributed by atoms with Crippen molar-refractivity contribution in [2.24, 2.45) is 0 Å². The Morgan fingerprint density at radius 1 is 0.737 bits per heavy atom. The highest BCUT2D eigenvalue weighted by molar-refractivity contribution is 7.52. The number of alkyl halides is 3. The van der Waals surface area contributed by atoms with E-state index in [9.17, 15) is 14.3 Å². The minimum Gasteiger partial charge on any atom is -0.445 e. The second-order valence-corrected chi connectivity index (χ2v) is 14.4. The number of hydrogen-bond donors (Lipinski definition) is 2. The van der Waals surface area contributed by atoms with Gasteiger partial charge in [-0.1, -0.05) is 138 Å². The standard InChI is InChI=1S/C27H53Cl3NO6P/c1-2-3-4-5-6-7-8-9-10-11-12-13-14-15-16-17-21-35-22-19-23-37-38(33,34)24-18-20-31-26(32)36-25-27(28,29)30/h2-25H2,1H3,(H,31,32)(H,33,34). The molecule has 1 amide bonds. The number of carbonyl (C=O) groups is 1. The Balaban J connectivity index is 3.34. The van der Waals surface area contributed by atoms with E-state index in [1.807, 2.05) is 0 Å². The SMILES string of the molecule is CCCCCCCCCCCCCCCCCCOCCCOP(=O)(O)CCCNC(=O)OCC(Cl)(Cl)Cl. The quantitative estimate of drug-likeness (QED) is 0.0537. The lowest BCUT2D eigenvalue weighted by Crippen LogP contribution is -2.29. The Morgan fingerprint density at radius 2 is 1.21 bits per heavy atom. The summed E-state index contributed by atoms with van der Waals surface area (Å²) in [5.74, 6) is 0. The van der Waals surface area contributed by atoms with Crippen molar-refractivity contribution in [3.05, 3.63) is 0 Å². The van der Waals surface area contributed by atoms with Gasteiger partial charge in [0.2, 0.25) is 3.79 Å². The van der Waals surface area contributed by atoms with Gasteiger partial charge in [0.05, 0.1) is 12.8 Å². The van der Waals surface area contributed by atoms with Gasteiger partial charge in [0.25, 0.3) is 0 Å². The fourth-order valence-electron chi connectivity index (χ4n) is 3.95. The van der Waals surface area contributed by atoms with Crippen LogP contribution in [0, 0.1) is 0 Å². The van der Waals surface area contributed by atoms with Crippen LogP contribution < -0.4 is 5.32 Å². The lowest BCUT2D eigenvalue weighted by atomic mass is 10.0. The maximum Gasteiger partial charge on any atom is 0.407 e. The van der Waals surface area contributed by atoms with Gasteiger partial charge in [-0.2, -0.15) is 0 Å². The molecule has 0 aliphatic carbocycles. The Hall–Kier alpha value is 0.250. The number of ether oxygens (including phenoxy) is 2. The highest BCUT2D eigenvalue weighted by Crippen LogP contribution is 2.42. The van der Waals surface area contributed by atoms with Gasteiger partial charge in [-0.3, -0.25) is 4.57 Å². The van der Waals surface area contributed by atoms with Crippen molar-refractivity contribution in [1.82, 2.24) is 5.32 Å². The molecule has 1 unspecified atom stereocenters. The molecular formula is C27H53Cl3NO6P. The molecule has 0 aromatic carbocycles. The Kier molecular flexibility index (Phi) is 26.3. The second-order valence-electron chi connectivity index (χ2n) is 9.94. The summed E-state index contributed by atoms with van der Waals surface area (Å²) in [4.78, 5) is 21.2. The van der Waals surface area contributed by atoms with E-state index in [1.165, 1.54) is 96.3 Å². The molecule has 0 fully saturated rings. The lowest BCUT2D eigenvalue weighted by molar-refractivity contribution is 0.113. The Labute approximate surface area is 246 Å². The number of alkyl carbamates (subject to hydrolysis) is 1. The first-order valence-electron chi connectivity index (χ1n) is 14.7. The summed E-state index contributed by atoms with van der Waals surface area (Å²) >= 11 is 16.4. The van der Waals surface area contributed by atoms with Crippen LogP contribution in [0.4, 0.5) is 4.79 Å². The minimum atomic E-state index is -3.70. The van der Waals surface area contributed by atoms with Gasteiger partial charge in [0.1, 0.15) is 6.61 Å². The molecule has 0 heterocycles. The lowest BCUT2D eigenvalue weighted by Gasteiger charge is -2.13. The minimum absolute atomic E-state index is 0.0716. The first-order valence-corrected chi connectivity index (χ1v) is 17.6. The number of hydrogen-bond acceptors (Lipinski definition) is 5. The van der Waals surface area contributed by atoms with E-state index >= 15 is 0 Å². The van der Waals surface area contributed by atoms with Gasteiger partial charge in [-0.15, -0.1) is 0 Å². The average Bonchev–Trinajstić information content (AvgIpc) is 2.86. The van der Waals surface area contributed by atoms with Crippen molar-refractivity contribution in [2.75, 3.05) is 39.1 Å². The molecule has 1 atom stereocenters. The van der Waals surface area contributed by atoms with Gasteiger partial charge < -0.3 is 24.2 Å². The molecule has 7 nitrogen and oxygen atoms in total. The van der Waals surface area contributed by atoms with Crippen molar-refractivity contribution in [3.63, 3.8) is 0 Å². The van der Waals surface area contributed by atoms with Crippen molar-refractivity contribution in [3.8, 4) is 0 Å². The predicted octanol–water partition coefficient (Wildman–Crippen LogP) is 9.34. The highest BCUT2D eigenvalue weighted by atomic mass is 35.6. The molecule has 0 aliphatic rings. The van der Waals surface area contributed by atoms with Crippen LogP contribution in [0.2, 0.25) is 0 Å². The molecule has 2 N–H and O–H groups in total. The number of unbranched alkanes of at least 4 members (excludes halogenated alkanes) is 15. The largest absolute Gasteiger partial charge is 0.445 e. The average molecular weight is 625 g/mol. The van der Waals surface area contributed by atoms with Crippen molar-refractivity contribution >= 4 is 48.5 Å². The van der Waals surface area contributed by atoms with Gasteiger partial charge in [-0.05, 0) is 19.3 Å². The number of halogens is 3. The van der Waals surface area contributed by atoms with Gasteiger partial charge >= 0.3 is 13.7 Å². The zero-order valence-electron chi connectivity index (χ0n) is 23.5. The van der Waals surface area contributed by atoms with Crippen LogP contribution in [-0.2, 0) is 18.6 Å². The van der Waals surface area contributed by atoms with E-state index in [0.29, 0.717) is 13.0 Å². The van der Waals surface area contributed by atoms with E-state index < -0.39 is 17.5 Å². The fourth-order valence-corrected chi connectivity index (χ4v) is 5.22. The van der Waals surface area contributed by atoms with E-state index in [4.69, 9.17) is 48.8 Å². The molecule has 11 heteroatoms. The van der Waals surface area contributed by atoms with E-state index in [0.717, 1.165) is 13.0 Å². The van der Waals surface area contributed by atoms with E-state index in [2.05, 4.69) is 12.2 Å². The maximum atomic E-state index is 12.0. The third-order valence-electron chi connectivity index (χ3n) is 6.12. The topological polar surface area (TPSA) is 94.1 Å². The Bertz CT molecular complexity index is 596. The van der Waals surface area contributed by atoms with Crippen molar-refractivity contribution in [2.45, 2.75) is 126 Å². The summed E-state index contributed by atoms with van der Waals surface area (Å²) in [6.45, 7) is 3.42. The zero-order chi connectivity index (χ0) is 28.4. The van der Waals surface area contributed by atoms with Gasteiger partial charge in [0, 0.05) is 19.8 Å². The third kappa shape index (κ3) is 30.8. The molecule has 0 radical (unpaired) electrons. The van der Waals surface area contributed by atoms with Crippen LogP contribution in [0.1, 0.15) is 122 Å². The molecule has 0 saturated carbocycles.